The molecule has 140 valence electrons. The maximum absolute atomic E-state index is 13.0. The SMILES string of the molecule is Cc1nn(CCNC(=O)c2cc(-c3ccc(F)cc3)on2)c(C)c1[N+](=O)[O-]. The van der Waals surface area contributed by atoms with Crippen molar-refractivity contribution >= 4 is 11.6 Å². The van der Waals surface area contributed by atoms with Crippen LogP contribution in [-0.4, -0.2) is 32.3 Å². The monoisotopic (exact) mass is 373 g/mol. The van der Waals surface area contributed by atoms with Gasteiger partial charge in [-0.1, -0.05) is 5.16 Å². The van der Waals surface area contributed by atoms with E-state index in [0.717, 1.165) is 0 Å². The third-order valence-corrected chi connectivity index (χ3v) is 4.01. The van der Waals surface area contributed by atoms with Gasteiger partial charge in [0.2, 0.25) is 0 Å². The highest BCUT2D eigenvalue weighted by Crippen LogP contribution is 2.22. The number of nitro groups is 1. The molecule has 0 atom stereocenters. The number of carbonyl (C=O) groups excluding carboxylic acids is 1. The van der Waals surface area contributed by atoms with Crippen molar-refractivity contribution < 1.29 is 18.6 Å². The van der Waals surface area contributed by atoms with Crippen LogP contribution in [0.15, 0.2) is 34.9 Å². The first-order chi connectivity index (χ1) is 12.9. The van der Waals surface area contributed by atoms with Crippen molar-refractivity contribution in [3.63, 3.8) is 0 Å². The Morgan fingerprint density at radius 1 is 1.33 bits per heavy atom. The maximum atomic E-state index is 13.0. The Morgan fingerprint density at radius 3 is 2.67 bits per heavy atom. The summed E-state index contributed by atoms with van der Waals surface area (Å²) >= 11 is 0. The third-order valence-electron chi connectivity index (χ3n) is 4.01. The van der Waals surface area contributed by atoms with E-state index in [2.05, 4.69) is 15.6 Å². The lowest BCUT2D eigenvalue weighted by Gasteiger charge is -2.04. The van der Waals surface area contributed by atoms with Crippen LogP contribution in [0.5, 0.6) is 0 Å². The first-order valence-electron chi connectivity index (χ1n) is 8.06. The summed E-state index contributed by atoms with van der Waals surface area (Å²) in [5, 5.41) is 21.5. The largest absolute Gasteiger partial charge is 0.355 e. The molecule has 2 aromatic heterocycles. The fraction of sp³-hybridized carbons (Fsp3) is 0.235. The van der Waals surface area contributed by atoms with E-state index >= 15 is 0 Å². The molecule has 0 saturated carbocycles. The second kappa shape index (κ2) is 7.36. The number of benzene rings is 1. The molecule has 0 aliphatic rings. The fourth-order valence-electron chi connectivity index (χ4n) is 2.67. The van der Waals surface area contributed by atoms with Crippen molar-refractivity contribution in [1.29, 1.82) is 0 Å². The van der Waals surface area contributed by atoms with E-state index in [9.17, 15) is 19.3 Å². The highest BCUT2D eigenvalue weighted by molar-refractivity contribution is 5.93. The molecule has 3 aromatic rings. The van der Waals surface area contributed by atoms with Gasteiger partial charge in [0.05, 0.1) is 11.5 Å². The molecule has 27 heavy (non-hydrogen) atoms. The van der Waals surface area contributed by atoms with Gasteiger partial charge >= 0.3 is 5.69 Å². The number of aromatic nitrogens is 3. The zero-order valence-corrected chi connectivity index (χ0v) is 14.6. The summed E-state index contributed by atoms with van der Waals surface area (Å²) in [6.07, 6.45) is 0. The fourth-order valence-corrected chi connectivity index (χ4v) is 2.67. The summed E-state index contributed by atoms with van der Waals surface area (Å²) in [6.45, 7) is 3.64. The molecular formula is C17H16FN5O4. The Balaban J connectivity index is 1.61. The Hall–Kier alpha value is -3.56. The van der Waals surface area contributed by atoms with Crippen LogP contribution in [-0.2, 0) is 6.54 Å². The van der Waals surface area contributed by atoms with Crippen molar-refractivity contribution in [1.82, 2.24) is 20.3 Å². The molecule has 0 spiro atoms. The van der Waals surface area contributed by atoms with Gasteiger partial charge in [0.1, 0.15) is 17.2 Å². The Bertz CT molecular complexity index is 993. The lowest BCUT2D eigenvalue weighted by atomic mass is 10.1. The maximum Gasteiger partial charge on any atom is 0.312 e. The normalized spacial score (nSPS) is 10.8. The number of rotatable bonds is 6. The van der Waals surface area contributed by atoms with Gasteiger partial charge in [-0.15, -0.1) is 0 Å². The van der Waals surface area contributed by atoms with E-state index in [1.165, 1.54) is 35.0 Å². The van der Waals surface area contributed by atoms with Crippen molar-refractivity contribution in [3.05, 3.63) is 63.3 Å². The van der Waals surface area contributed by atoms with Gasteiger partial charge in [0, 0.05) is 18.2 Å². The minimum absolute atomic E-state index is 0.0261. The first kappa shape index (κ1) is 18.2. The summed E-state index contributed by atoms with van der Waals surface area (Å²) in [7, 11) is 0. The summed E-state index contributed by atoms with van der Waals surface area (Å²) in [5.41, 5.74) is 1.39. The zero-order valence-electron chi connectivity index (χ0n) is 14.6. The molecule has 0 saturated heterocycles. The van der Waals surface area contributed by atoms with E-state index in [0.29, 0.717) is 22.7 Å². The molecule has 10 heteroatoms. The number of halogens is 1. The van der Waals surface area contributed by atoms with Crippen molar-refractivity contribution in [3.8, 4) is 11.3 Å². The number of amides is 1. The van der Waals surface area contributed by atoms with E-state index in [4.69, 9.17) is 4.52 Å². The molecule has 0 aliphatic heterocycles. The number of aryl methyl sites for hydroxylation is 1. The van der Waals surface area contributed by atoms with Crippen LogP contribution in [0.3, 0.4) is 0 Å². The van der Waals surface area contributed by atoms with Gasteiger partial charge in [-0.3, -0.25) is 19.6 Å². The molecule has 1 N–H and O–H groups in total. The van der Waals surface area contributed by atoms with Crippen LogP contribution in [0, 0.1) is 29.8 Å². The lowest BCUT2D eigenvalue weighted by Crippen LogP contribution is -2.28. The van der Waals surface area contributed by atoms with Crippen LogP contribution < -0.4 is 5.32 Å². The van der Waals surface area contributed by atoms with Crippen molar-refractivity contribution in [2.24, 2.45) is 0 Å². The van der Waals surface area contributed by atoms with Crippen molar-refractivity contribution in [2.45, 2.75) is 20.4 Å². The molecule has 1 aromatic carbocycles. The van der Waals surface area contributed by atoms with E-state index < -0.39 is 10.8 Å². The molecule has 0 radical (unpaired) electrons. The number of nitrogens with one attached hydrogen (secondary N) is 1. The van der Waals surface area contributed by atoms with Crippen LogP contribution >= 0.6 is 0 Å². The second-order valence-electron chi connectivity index (χ2n) is 5.84. The molecule has 0 bridgehead atoms. The van der Waals surface area contributed by atoms with Crippen LogP contribution in [0.1, 0.15) is 21.9 Å². The van der Waals surface area contributed by atoms with Gasteiger partial charge in [0.15, 0.2) is 11.5 Å². The minimum Gasteiger partial charge on any atom is -0.355 e. The van der Waals surface area contributed by atoms with Crippen LogP contribution in [0.4, 0.5) is 10.1 Å². The highest BCUT2D eigenvalue weighted by Gasteiger charge is 2.21. The van der Waals surface area contributed by atoms with Crippen LogP contribution in [0.25, 0.3) is 11.3 Å². The van der Waals surface area contributed by atoms with Crippen LogP contribution in [0.2, 0.25) is 0 Å². The smallest absolute Gasteiger partial charge is 0.312 e. The average Bonchev–Trinajstić information content (AvgIpc) is 3.21. The number of hydrogen-bond acceptors (Lipinski definition) is 6. The predicted molar refractivity (Wildman–Crippen MR) is 92.6 cm³/mol. The van der Waals surface area contributed by atoms with E-state index in [1.54, 1.807) is 13.8 Å². The summed E-state index contributed by atoms with van der Waals surface area (Å²) in [5.74, 6) is -0.488. The standard InChI is InChI=1S/C17H16FN5O4/c1-10-16(23(25)26)11(2)22(20-10)8-7-19-17(24)14-9-15(27-21-14)12-3-5-13(18)6-4-12/h3-6,9H,7-8H2,1-2H3,(H,19,24). The van der Waals surface area contributed by atoms with Gasteiger partial charge in [0.25, 0.3) is 5.91 Å². The molecule has 0 aliphatic carbocycles. The summed E-state index contributed by atoms with van der Waals surface area (Å²) in [4.78, 5) is 22.7. The van der Waals surface area contributed by atoms with E-state index in [-0.39, 0.29) is 30.3 Å². The third kappa shape index (κ3) is 3.84. The van der Waals surface area contributed by atoms with Gasteiger partial charge in [-0.2, -0.15) is 5.10 Å². The molecule has 3 rings (SSSR count). The summed E-state index contributed by atoms with van der Waals surface area (Å²) < 4.78 is 19.5. The van der Waals surface area contributed by atoms with Crippen molar-refractivity contribution in [2.75, 3.05) is 6.54 Å². The first-order valence-corrected chi connectivity index (χ1v) is 8.06. The second-order valence-corrected chi connectivity index (χ2v) is 5.84. The molecule has 1 amide bonds. The molecule has 9 nitrogen and oxygen atoms in total. The number of carbonyl (C=O) groups is 1. The lowest BCUT2D eigenvalue weighted by molar-refractivity contribution is -0.386. The highest BCUT2D eigenvalue weighted by atomic mass is 19.1. The molecular weight excluding hydrogens is 357 g/mol. The quantitative estimate of drug-likeness (QED) is 0.524. The molecule has 0 unspecified atom stereocenters. The number of hydrogen-bond donors (Lipinski definition) is 1. The summed E-state index contributed by atoms with van der Waals surface area (Å²) in [6, 6.07) is 7.06. The topological polar surface area (TPSA) is 116 Å². The van der Waals surface area contributed by atoms with Gasteiger partial charge in [-0.05, 0) is 38.1 Å². The minimum atomic E-state index is -0.473. The number of nitrogens with zero attached hydrogens (tertiary/aromatic N) is 4. The van der Waals surface area contributed by atoms with E-state index in [1.807, 2.05) is 0 Å². The Kier molecular flexibility index (Phi) is 4.97. The predicted octanol–water partition coefficient (Wildman–Crippen LogP) is 2.63. The Labute approximate surface area is 152 Å². The van der Waals surface area contributed by atoms with Gasteiger partial charge in [-0.25, -0.2) is 4.39 Å². The Morgan fingerprint density at radius 2 is 2.04 bits per heavy atom. The molecule has 2 heterocycles. The zero-order chi connectivity index (χ0) is 19.6. The molecule has 0 fully saturated rings. The van der Waals surface area contributed by atoms with Gasteiger partial charge < -0.3 is 9.84 Å². The average molecular weight is 373 g/mol.